The quantitative estimate of drug-likeness (QED) is 0.574. The van der Waals surface area contributed by atoms with Gasteiger partial charge in [0.2, 0.25) is 5.95 Å². The van der Waals surface area contributed by atoms with Crippen LogP contribution in [0, 0.1) is 11.3 Å². The highest BCUT2D eigenvalue weighted by Crippen LogP contribution is 2.34. The number of carbonyl (C=O) groups is 1. The first-order valence-corrected chi connectivity index (χ1v) is 8.39. The monoisotopic (exact) mass is 391 g/mol. The first kappa shape index (κ1) is 19.4. The molecule has 9 nitrogen and oxygen atoms in total. The fourth-order valence-electron chi connectivity index (χ4n) is 2.65. The van der Waals surface area contributed by atoms with E-state index in [1.54, 1.807) is 30.3 Å². The summed E-state index contributed by atoms with van der Waals surface area (Å²) in [6.07, 6.45) is 0. The van der Waals surface area contributed by atoms with E-state index in [1.807, 2.05) is 6.07 Å². The second kappa shape index (κ2) is 8.14. The Morgan fingerprint density at radius 3 is 2.48 bits per heavy atom. The van der Waals surface area contributed by atoms with Crippen LogP contribution < -0.4 is 20.9 Å². The summed E-state index contributed by atoms with van der Waals surface area (Å²) < 4.78 is 11.2. The Bertz CT molecular complexity index is 1110. The van der Waals surface area contributed by atoms with Gasteiger partial charge in [-0.3, -0.25) is 0 Å². The van der Waals surface area contributed by atoms with Crippen LogP contribution in [0.2, 0.25) is 0 Å². The highest BCUT2D eigenvalue weighted by atomic mass is 16.5. The van der Waals surface area contributed by atoms with Crippen molar-refractivity contribution in [2.24, 2.45) is 0 Å². The highest BCUT2D eigenvalue weighted by molar-refractivity contribution is 5.87. The Hall–Kier alpha value is -4.32. The number of rotatable bonds is 6. The molecular weight excluding hydrogens is 374 g/mol. The molecule has 3 aromatic rings. The number of benzene rings is 2. The fraction of sp³-hybridized carbons (Fsp3) is 0.100. The number of hydrogen-bond donors (Lipinski definition) is 3. The third-order valence-electron chi connectivity index (χ3n) is 4.10. The summed E-state index contributed by atoms with van der Waals surface area (Å²) in [4.78, 5) is 18.8. The van der Waals surface area contributed by atoms with Crippen molar-refractivity contribution in [3.8, 4) is 28.8 Å². The molecule has 1 aromatic heterocycles. The van der Waals surface area contributed by atoms with Crippen LogP contribution in [0.25, 0.3) is 11.3 Å². The van der Waals surface area contributed by atoms with Gasteiger partial charge >= 0.3 is 5.97 Å². The first-order valence-electron chi connectivity index (χ1n) is 8.39. The van der Waals surface area contributed by atoms with Gasteiger partial charge in [-0.2, -0.15) is 10.2 Å². The number of methoxy groups -OCH3 is 1. The zero-order valence-electron chi connectivity index (χ0n) is 15.4. The number of aromatic nitrogens is 2. The van der Waals surface area contributed by atoms with Crippen molar-refractivity contribution in [2.75, 3.05) is 18.6 Å². The molecule has 146 valence electrons. The number of nitrogens with two attached hydrogens (primary N) is 2. The van der Waals surface area contributed by atoms with Crippen molar-refractivity contribution >= 4 is 17.7 Å². The second-order valence-electron chi connectivity index (χ2n) is 5.96. The average molecular weight is 391 g/mol. The lowest BCUT2D eigenvalue weighted by Gasteiger charge is -2.13. The van der Waals surface area contributed by atoms with Gasteiger partial charge < -0.3 is 26.0 Å². The number of nitrogen functional groups attached to an aromatic ring is 2. The number of carboxylic acids is 1. The van der Waals surface area contributed by atoms with Crippen LogP contribution in [-0.2, 0) is 6.61 Å². The van der Waals surface area contributed by atoms with Gasteiger partial charge in [0.25, 0.3) is 0 Å². The molecule has 0 radical (unpaired) electrons. The van der Waals surface area contributed by atoms with E-state index in [0.717, 1.165) is 5.56 Å². The van der Waals surface area contributed by atoms with Gasteiger partial charge in [-0.25, -0.2) is 9.78 Å². The molecule has 0 fully saturated rings. The Morgan fingerprint density at radius 2 is 1.86 bits per heavy atom. The minimum Gasteiger partial charge on any atom is -0.493 e. The first-order chi connectivity index (χ1) is 13.9. The number of hydrogen-bond acceptors (Lipinski definition) is 8. The van der Waals surface area contributed by atoms with Crippen LogP contribution in [0.4, 0.5) is 11.8 Å². The maximum absolute atomic E-state index is 10.9. The van der Waals surface area contributed by atoms with Crippen molar-refractivity contribution < 1.29 is 19.4 Å². The Kier molecular flexibility index (Phi) is 5.46. The summed E-state index contributed by atoms with van der Waals surface area (Å²) in [6.45, 7) is 0.215. The Morgan fingerprint density at radius 1 is 1.14 bits per heavy atom. The molecule has 0 amide bonds. The summed E-state index contributed by atoms with van der Waals surface area (Å²) in [5.74, 6) is -0.145. The number of nitrogens with zero attached hydrogens (tertiary/aromatic N) is 3. The topological polar surface area (TPSA) is 157 Å². The number of carboxylic acid groups (broad SMARTS) is 1. The fourth-order valence-corrected chi connectivity index (χ4v) is 2.65. The maximum atomic E-state index is 10.9. The predicted molar refractivity (Wildman–Crippen MR) is 105 cm³/mol. The van der Waals surface area contributed by atoms with Crippen LogP contribution in [0.15, 0.2) is 42.5 Å². The van der Waals surface area contributed by atoms with Gasteiger partial charge in [-0.15, -0.1) is 0 Å². The summed E-state index contributed by atoms with van der Waals surface area (Å²) in [7, 11) is 1.49. The lowest BCUT2D eigenvalue weighted by molar-refractivity contribution is 0.0697. The standard InChI is InChI=1S/C20H17N5O4/c1-28-16-8-13(17-14(9-21)18(22)25-20(23)24-17)6-7-15(16)29-10-11-2-4-12(5-3-11)19(26)27/h2-8H,10H2,1H3,(H,26,27)(H4,22,23,24,25). The van der Waals surface area contributed by atoms with Gasteiger partial charge in [0.1, 0.15) is 24.1 Å². The lowest BCUT2D eigenvalue weighted by atomic mass is 10.1. The van der Waals surface area contributed by atoms with Crippen LogP contribution in [0.1, 0.15) is 21.5 Å². The van der Waals surface area contributed by atoms with Gasteiger partial charge in [-0.1, -0.05) is 12.1 Å². The molecule has 0 aliphatic heterocycles. The van der Waals surface area contributed by atoms with Crippen LogP contribution in [-0.4, -0.2) is 28.2 Å². The highest BCUT2D eigenvalue weighted by Gasteiger charge is 2.16. The molecule has 29 heavy (non-hydrogen) atoms. The van der Waals surface area contributed by atoms with E-state index in [9.17, 15) is 10.1 Å². The SMILES string of the molecule is COc1cc(-c2nc(N)nc(N)c2C#N)ccc1OCc1ccc(C(=O)O)cc1. The molecule has 0 saturated carbocycles. The molecule has 9 heteroatoms. The van der Waals surface area contributed by atoms with E-state index in [0.29, 0.717) is 22.8 Å². The van der Waals surface area contributed by atoms with E-state index >= 15 is 0 Å². The molecule has 0 unspecified atom stereocenters. The lowest BCUT2D eigenvalue weighted by Crippen LogP contribution is -2.05. The number of ether oxygens (including phenoxy) is 2. The average Bonchev–Trinajstić information content (AvgIpc) is 2.72. The van der Waals surface area contributed by atoms with Gasteiger partial charge in [-0.05, 0) is 35.9 Å². The largest absolute Gasteiger partial charge is 0.493 e. The van der Waals surface area contributed by atoms with Crippen molar-refractivity contribution in [1.82, 2.24) is 9.97 Å². The molecule has 3 rings (SSSR count). The van der Waals surface area contributed by atoms with E-state index in [1.165, 1.54) is 19.2 Å². The third-order valence-corrected chi connectivity index (χ3v) is 4.10. The summed E-state index contributed by atoms with van der Waals surface area (Å²) in [5.41, 5.74) is 13.4. The third kappa shape index (κ3) is 4.17. The zero-order valence-corrected chi connectivity index (χ0v) is 15.4. The van der Waals surface area contributed by atoms with Crippen molar-refractivity contribution in [3.63, 3.8) is 0 Å². The summed E-state index contributed by atoms with van der Waals surface area (Å²) >= 11 is 0. The van der Waals surface area contributed by atoms with Gasteiger partial charge in [0.15, 0.2) is 11.5 Å². The van der Waals surface area contributed by atoms with Crippen LogP contribution >= 0.6 is 0 Å². The molecule has 0 saturated heterocycles. The molecule has 0 aliphatic rings. The van der Waals surface area contributed by atoms with Crippen molar-refractivity contribution in [2.45, 2.75) is 6.61 Å². The van der Waals surface area contributed by atoms with Crippen molar-refractivity contribution in [1.29, 1.82) is 5.26 Å². The number of anilines is 2. The molecule has 0 bridgehead atoms. The molecule has 0 spiro atoms. The maximum Gasteiger partial charge on any atom is 0.335 e. The normalized spacial score (nSPS) is 10.2. The molecule has 0 aliphatic carbocycles. The Labute approximate surface area is 166 Å². The Balaban J connectivity index is 1.86. The van der Waals surface area contributed by atoms with Crippen LogP contribution in [0.3, 0.4) is 0 Å². The molecule has 0 atom stereocenters. The van der Waals surface area contributed by atoms with Gasteiger partial charge in [0.05, 0.1) is 18.4 Å². The van der Waals surface area contributed by atoms with E-state index in [2.05, 4.69) is 9.97 Å². The van der Waals surface area contributed by atoms with E-state index in [-0.39, 0.29) is 29.5 Å². The molecular formula is C20H17N5O4. The van der Waals surface area contributed by atoms with E-state index in [4.69, 9.17) is 26.0 Å². The van der Waals surface area contributed by atoms with Crippen LogP contribution in [0.5, 0.6) is 11.5 Å². The molecule has 2 aromatic carbocycles. The van der Waals surface area contributed by atoms with Crippen molar-refractivity contribution in [3.05, 3.63) is 59.2 Å². The molecule has 1 heterocycles. The molecule has 5 N–H and O–H groups in total. The number of aromatic carboxylic acids is 1. The minimum absolute atomic E-state index is 0.000832. The minimum atomic E-state index is -0.988. The van der Waals surface area contributed by atoms with E-state index < -0.39 is 5.97 Å². The predicted octanol–water partition coefficient (Wildman–Crippen LogP) is 2.47. The van der Waals surface area contributed by atoms with Gasteiger partial charge in [0, 0.05) is 5.56 Å². The zero-order chi connectivity index (χ0) is 21.0. The second-order valence-corrected chi connectivity index (χ2v) is 5.96. The summed E-state index contributed by atoms with van der Waals surface area (Å²) in [6, 6.07) is 13.4. The summed E-state index contributed by atoms with van der Waals surface area (Å²) in [5, 5.41) is 18.3. The smallest absolute Gasteiger partial charge is 0.335 e. The number of nitriles is 1.